The smallest absolute Gasteiger partial charge is 0.369 e. The van der Waals surface area contributed by atoms with Gasteiger partial charge < -0.3 is 11.1 Å². The number of hydrogen-bond acceptors (Lipinski definition) is 6. The Kier molecular flexibility index (Phi) is 7.21. The van der Waals surface area contributed by atoms with E-state index in [0.29, 0.717) is 24.3 Å². The Bertz CT molecular complexity index is 1570. The van der Waals surface area contributed by atoms with E-state index < -0.39 is 17.6 Å². The molecular weight excluding hydrogens is 507 g/mol. The van der Waals surface area contributed by atoms with Gasteiger partial charge in [-0.25, -0.2) is 15.0 Å². The lowest BCUT2D eigenvalue weighted by Gasteiger charge is -2.30. The number of halogens is 3. The Morgan fingerprint density at radius 1 is 1.18 bits per heavy atom. The van der Waals surface area contributed by atoms with Gasteiger partial charge in [0.05, 0.1) is 23.3 Å². The van der Waals surface area contributed by atoms with E-state index in [4.69, 9.17) is 10.7 Å². The molecule has 1 unspecified atom stereocenters. The van der Waals surface area contributed by atoms with Crippen molar-refractivity contribution in [1.82, 2.24) is 24.3 Å². The van der Waals surface area contributed by atoms with Crippen LogP contribution >= 0.6 is 0 Å². The highest BCUT2D eigenvalue weighted by Crippen LogP contribution is 2.40. The van der Waals surface area contributed by atoms with Crippen molar-refractivity contribution >= 4 is 23.2 Å². The fourth-order valence-corrected chi connectivity index (χ4v) is 4.92. The van der Waals surface area contributed by atoms with Crippen LogP contribution < -0.4 is 11.1 Å². The number of alkyl halides is 3. The van der Waals surface area contributed by atoms with Crippen LogP contribution in [0.1, 0.15) is 47.3 Å². The molecular formula is C28H26F3N7O. The lowest BCUT2D eigenvalue weighted by atomic mass is 9.94. The van der Waals surface area contributed by atoms with E-state index in [1.54, 1.807) is 31.2 Å². The Hall–Kier alpha value is -4.43. The molecule has 1 fully saturated rings. The second kappa shape index (κ2) is 10.7. The monoisotopic (exact) mass is 533 g/mol. The quantitative estimate of drug-likeness (QED) is 0.356. The van der Waals surface area contributed by atoms with Crippen LogP contribution in [-0.2, 0) is 6.18 Å². The highest BCUT2D eigenvalue weighted by molar-refractivity contribution is 6.04. The fraction of sp³-hybridized carbons (Fsp3) is 0.286. The molecule has 11 heteroatoms. The summed E-state index contributed by atoms with van der Waals surface area (Å²) in [5.41, 5.74) is 6.10. The Morgan fingerprint density at radius 3 is 2.77 bits per heavy atom. The molecule has 4 heterocycles. The Balaban J connectivity index is 1.59. The standard InChI is InChI=1S/C28H26F3N7O/c1-2-3-14-37-15-6-7-19(17-37)24-22-11-13-34-27(32)38(22)25(36-24)20-10-9-18(16-21(20)28(29,30)31)26(39)35-23-8-4-5-12-33-23/h4-5,8-13,16,19H,6-7,14-15,17H2,1H3,(H2,32,34)(H,33,35,39). The van der Waals surface area contributed by atoms with Crippen LogP contribution in [0.5, 0.6) is 0 Å². The van der Waals surface area contributed by atoms with E-state index in [1.165, 1.54) is 28.9 Å². The van der Waals surface area contributed by atoms with Gasteiger partial charge in [-0.15, -0.1) is 5.92 Å². The van der Waals surface area contributed by atoms with Crippen LogP contribution in [0.2, 0.25) is 0 Å². The van der Waals surface area contributed by atoms with Crippen LogP contribution in [0.3, 0.4) is 0 Å². The number of pyridine rings is 1. The van der Waals surface area contributed by atoms with E-state index in [2.05, 4.69) is 32.0 Å². The summed E-state index contributed by atoms with van der Waals surface area (Å²) in [6.45, 7) is 3.99. The minimum absolute atomic E-state index is 0.0132. The number of nitrogens with one attached hydrogen (secondary N) is 1. The lowest BCUT2D eigenvalue weighted by Crippen LogP contribution is -2.34. The number of carbonyl (C=O) groups is 1. The molecule has 1 amide bonds. The van der Waals surface area contributed by atoms with E-state index >= 15 is 0 Å². The number of nitrogens with two attached hydrogens (primary N) is 1. The molecule has 0 radical (unpaired) electrons. The summed E-state index contributed by atoms with van der Waals surface area (Å²) in [5.74, 6) is 5.54. The maximum atomic E-state index is 14.4. The van der Waals surface area contributed by atoms with Crippen molar-refractivity contribution in [3.8, 4) is 23.2 Å². The van der Waals surface area contributed by atoms with Gasteiger partial charge >= 0.3 is 6.18 Å². The molecule has 8 nitrogen and oxygen atoms in total. The first-order chi connectivity index (χ1) is 18.8. The Morgan fingerprint density at radius 2 is 2.03 bits per heavy atom. The van der Waals surface area contributed by atoms with E-state index in [9.17, 15) is 18.0 Å². The minimum atomic E-state index is -4.76. The van der Waals surface area contributed by atoms with Crippen molar-refractivity contribution in [1.29, 1.82) is 0 Å². The zero-order chi connectivity index (χ0) is 27.6. The van der Waals surface area contributed by atoms with Gasteiger partial charge in [0, 0.05) is 36.0 Å². The average Bonchev–Trinajstić information content (AvgIpc) is 3.33. The first-order valence-electron chi connectivity index (χ1n) is 12.4. The maximum Gasteiger partial charge on any atom is 0.417 e. The molecule has 5 rings (SSSR count). The topological polar surface area (TPSA) is 101 Å². The molecule has 4 aromatic rings. The third-order valence-electron chi connectivity index (χ3n) is 6.72. The summed E-state index contributed by atoms with van der Waals surface area (Å²) in [5, 5.41) is 2.52. The summed E-state index contributed by atoms with van der Waals surface area (Å²) in [6.07, 6.45) is -0.0113. The fourth-order valence-electron chi connectivity index (χ4n) is 4.92. The highest BCUT2D eigenvalue weighted by Gasteiger charge is 2.37. The molecule has 1 saturated heterocycles. The molecule has 3 aromatic heterocycles. The van der Waals surface area contributed by atoms with Gasteiger partial charge in [0.1, 0.15) is 11.6 Å². The summed E-state index contributed by atoms with van der Waals surface area (Å²) in [7, 11) is 0. The Labute approximate surface area is 223 Å². The van der Waals surface area contributed by atoms with Crippen molar-refractivity contribution in [2.45, 2.75) is 31.9 Å². The molecule has 1 atom stereocenters. The minimum Gasteiger partial charge on any atom is -0.369 e. The number of anilines is 2. The zero-order valence-corrected chi connectivity index (χ0v) is 21.2. The van der Waals surface area contributed by atoms with Crippen molar-refractivity contribution in [3.63, 3.8) is 0 Å². The summed E-state index contributed by atoms with van der Waals surface area (Å²) < 4.78 is 44.6. The number of hydrogen-bond donors (Lipinski definition) is 2. The third-order valence-corrected chi connectivity index (χ3v) is 6.72. The van der Waals surface area contributed by atoms with Gasteiger partial charge in [-0.3, -0.25) is 14.1 Å². The molecule has 0 aliphatic carbocycles. The third kappa shape index (κ3) is 5.42. The average molecular weight is 534 g/mol. The number of likely N-dealkylation sites (tertiary alicyclic amines) is 1. The number of rotatable bonds is 5. The van der Waals surface area contributed by atoms with Crippen molar-refractivity contribution in [2.75, 3.05) is 30.7 Å². The molecule has 0 bridgehead atoms. The number of fused-ring (bicyclic) bond motifs is 1. The molecule has 3 N–H and O–H groups in total. The van der Waals surface area contributed by atoms with E-state index in [1.807, 2.05) is 0 Å². The van der Waals surface area contributed by atoms with Crippen molar-refractivity contribution in [3.05, 3.63) is 71.7 Å². The predicted molar refractivity (Wildman–Crippen MR) is 142 cm³/mol. The lowest BCUT2D eigenvalue weighted by molar-refractivity contribution is -0.137. The second-order valence-electron chi connectivity index (χ2n) is 9.27. The maximum absolute atomic E-state index is 14.4. The van der Waals surface area contributed by atoms with E-state index in [-0.39, 0.29) is 34.6 Å². The molecule has 0 spiro atoms. The number of piperidine rings is 1. The number of aromatic nitrogens is 4. The molecule has 0 saturated carbocycles. The normalized spacial score (nSPS) is 16.1. The van der Waals surface area contributed by atoms with Crippen molar-refractivity contribution < 1.29 is 18.0 Å². The molecule has 1 aliphatic rings. The van der Waals surface area contributed by atoms with Gasteiger partial charge in [-0.1, -0.05) is 12.0 Å². The first kappa shape index (κ1) is 26.2. The largest absolute Gasteiger partial charge is 0.417 e. The number of nitrogen functional groups attached to an aromatic ring is 1. The zero-order valence-electron chi connectivity index (χ0n) is 21.2. The van der Waals surface area contributed by atoms with Gasteiger partial charge in [0.2, 0.25) is 5.95 Å². The molecule has 39 heavy (non-hydrogen) atoms. The van der Waals surface area contributed by atoms with Crippen LogP contribution in [0.15, 0.2) is 54.9 Å². The number of amides is 1. The van der Waals surface area contributed by atoms with Crippen LogP contribution in [-0.4, -0.2) is 49.8 Å². The SMILES string of the molecule is CC#CCN1CCCC(c2nc(-c3ccc(C(=O)Nc4ccccn4)cc3C(F)(F)F)n3c(N)nccc23)C1. The van der Waals surface area contributed by atoms with Crippen LogP contribution in [0.4, 0.5) is 24.9 Å². The number of benzene rings is 1. The summed E-state index contributed by atoms with van der Waals surface area (Å²) >= 11 is 0. The number of carbonyl (C=O) groups excluding carboxylic acids is 1. The second-order valence-corrected chi connectivity index (χ2v) is 9.27. The molecule has 1 aliphatic heterocycles. The van der Waals surface area contributed by atoms with Crippen LogP contribution in [0.25, 0.3) is 16.9 Å². The predicted octanol–water partition coefficient (Wildman–Crippen LogP) is 4.85. The van der Waals surface area contributed by atoms with Crippen LogP contribution in [0, 0.1) is 11.8 Å². The molecule has 1 aromatic carbocycles. The van der Waals surface area contributed by atoms with Gasteiger partial charge in [-0.05, 0) is 62.7 Å². The van der Waals surface area contributed by atoms with Gasteiger partial charge in [0.25, 0.3) is 5.91 Å². The number of nitrogens with zero attached hydrogens (tertiary/aromatic N) is 5. The highest BCUT2D eigenvalue weighted by atomic mass is 19.4. The molecule has 200 valence electrons. The van der Waals surface area contributed by atoms with Gasteiger partial charge in [-0.2, -0.15) is 13.2 Å². The van der Waals surface area contributed by atoms with Gasteiger partial charge in [0.15, 0.2) is 0 Å². The first-order valence-corrected chi connectivity index (χ1v) is 12.4. The van der Waals surface area contributed by atoms with E-state index in [0.717, 1.165) is 25.5 Å². The number of imidazole rings is 1. The summed E-state index contributed by atoms with van der Waals surface area (Å²) in [4.78, 5) is 27.8. The summed E-state index contributed by atoms with van der Waals surface area (Å²) in [6, 6.07) is 10.0. The van der Waals surface area contributed by atoms with Crippen molar-refractivity contribution in [2.24, 2.45) is 0 Å².